The first-order valence-corrected chi connectivity index (χ1v) is 7.64. The number of hydrogen-bond acceptors (Lipinski definition) is 3. The van der Waals surface area contributed by atoms with Gasteiger partial charge in [-0.3, -0.25) is 0 Å². The molecule has 1 aliphatic rings. The number of ether oxygens (including phenoxy) is 1. The predicted molar refractivity (Wildman–Crippen MR) is 77.6 cm³/mol. The number of rotatable bonds is 4. The molecule has 2 rings (SSSR count). The van der Waals surface area contributed by atoms with Crippen LogP contribution in [0.3, 0.4) is 0 Å². The van der Waals surface area contributed by atoms with Crippen molar-refractivity contribution in [3.05, 3.63) is 17.0 Å². The van der Waals surface area contributed by atoms with Crippen LogP contribution in [0.1, 0.15) is 52.3 Å². The fourth-order valence-electron chi connectivity index (χ4n) is 2.98. The van der Waals surface area contributed by atoms with Crippen LogP contribution in [0.4, 0.5) is 0 Å². The van der Waals surface area contributed by atoms with Gasteiger partial charge in [-0.25, -0.2) is 4.98 Å². The maximum atomic E-state index is 6.03. The lowest BCUT2D eigenvalue weighted by atomic mass is 9.82. The molecule has 1 aromatic rings. The van der Waals surface area contributed by atoms with E-state index < -0.39 is 0 Å². The summed E-state index contributed by atoms with van der Waals surface area (Å²) in [7, 11) is 0. The van der Waals surface area contributed by atoms with Crippen molar-refractivity contribution in [2.75, 3.05) is 0 Å². The molecule has 0 N–H and O–H groups in total. The largest absolute Gasteiger partial charge is 0.474 e. The van der Waals surface area contributed by atoms with Crippen LogP contribution < -0.4 is 4.74 Å². The Kier molecular flexibility index (Phi) is 5.03. The summed E-state index contributed by atoms with van der Waals surface area (Å²) in [4.78, 5) is 8.67. The second kappa shape index (κ2) is 6.56. The average molecular weight is 283 g/mol. The Morgan fingerprint density at radius 2 is 1.89 bits per heavy atom. The zero-order chi connectivity index (χ0) is 13.8. The summed E-state index contributed by atoms with van der Waals surface area (Å²) in [6.45, 7) is 6.69. The van der Waals surface area contributed by atoms with E-state index in [0.717, 1.165) is 43.3 Å². The fraction of sp³-hybridized carbons (Fsp3) is 0.733. The van der Waals surface area contributed by atoms with E-state index in [2.05, 4.69) is 30.7 Å². The number of halogens is 1. The van der Waals surface area contributed by atoms with Crippen molar-refractivity contribution >= 4 is 11.6 Å². The van der Waals surface area contributed by atoms with Gasteiger partial charge in [0, 0.05) is 12.5 Å². The van der Waals surface area contributed by atoms with Crippen LogP contribution >= 0.6 is 11.6 Å². The lowest BCUT2D eigenvalue weighted by Gasteiger charge is -2.31. The van der Waals surface area contributed by atoms with Crippen molar-refractivity contribution < 1.29 is 4.74 Å². The molecule has 0 aliphatic heterocycles. The summed E-state index contributed by atoms with van der Waals surface area (Å²) in [5, 5.41) is 0.477. The van der Waals surface area contributed by atoms with Crippen LogP contribution in [-0.2, 0) is 6.42 Å². The quantitative estimate of drug-likeness (QED) is 0.773. The van der Waals surface area contributed by atoms with E-state index in [9.17, 15) is 0 Å². The SMILES string of the molecule is CCCc1nc(Cl)cc(OC2CC(C)CC(C)C2)n1. The molecule has 1 aliphatic carbocycles. The highest BCUT2D eigenvalue weighted by Gasteiger charge is 2.25. The van der Waals surface area contributed by atoms with Gasteiger partial charge in [-0.2, -0.15) is 4.98 Å². The molecular weight excluding hydrogens is 260 g/mol. The monoisotopic (exact) mass is 282 g/mol. The Bertz CT molecular complexity index is 415. The van der Waals surface area contributed by atoms with Gasteiger partial charge >= 0.3 is 0 Å². The lowest BCUT2D eigenvalue weighted by molar-refractivity contribution is 0.0963. The maximum Gasteiger partial charge on any atom is 0.218 e. The van der Waals surface area contributed by atoms with E-state index >= 15 is 0 Å². The maximum absolute atomic E-state index is 6.03. The first kappa shape index (κ1) is 14.6. The van der Waals surface area contributed by atoms with Gasteiger partial charge in [-0.15, -0.1) is 0 Å². The number of aromatic nitrogens is 2. The third-order valence-electron chi connectivity index (χ3n) is 3.61. The van der Waals surface area contributed by atoms with Crippen molar-refractivity contribution in [1.29, 1.82) is 0 Å². The molecule has 19 heavy (non-hydrogen) atoms. The first-order chi connectivity index (χ1) is 9.06. The molecule has 0 radical (unpaired) electrons. The van der Waals surface area contributed by atoms with Gasteiger partial charge < -0.3 is 4.74 Å². The second-order valence-electron chi connectivity index (χ2n) is 5.85. The molecule has 1 saturated carbocycles. The molecule has 106 valence electrons. The van der Waals surface area contributed by atoms with Gasteiger partial charge in [-0.05, 0) is 37.5 Å². The molecule has 1 aromatic heterocycles. The van der Waals surface area contributed by atoms with Crippen molar-refractivity contribution in [2.24, 2.45) is 11.8 Å². The summed E-state index contributed by atoms with van der Waals surface area (Å²) >= 11 is 6.03. The predicted octanol–water partition coefficient (Wildman–Crippen LogP) is 4.29. The van der Waals surface area contributed by atoms with Crippen LogP contribution in [-0.4, -0.2) is 16.1 Å². The van der Waals surface area contributed by atoms with E-state index in [1.807, 2.05) is 0 Å². The van der Waals surface area contributed by atoms with E-state index in [1.165, 1.54) is 6.42 Å². The molecule has 0 amide bonds. The Balaban J connectivity index is 2.05. The molecule has 3 nitrogen and oxygen atoms in total. The summed E-state index contributed by atoms with van der Waals surface area (Å²) in [5.74, 6) is 2.86. The topological polar surface area (TPSA) is 35.0 Å². The van der Waals surface area contributed by atoms with E-state index in [0.29, 0.717) is 11.0 Å². The Morgan fingerprint density at radius 1 is 1.21 bits per heavy atom. The summed E-state index contributed by atoms with van der Waals surface area (Å²) in [6, 6.07) is 1.73. The number of hydrogen-bond donors (Lipinski definition) is 0. The molecule has 1 heterocycles. The van der Waals surface area contributed by atoms with E-state index in [4.69, 9.17) is 16.3 Å². The van der Waals surface area contributed by atoms with Crippen molar-refractivity contribution in [3.63, 3.8) is 0 Å². The van der Waals surface area contributed by atoms with Crippen LogP contribution in [0.5, 0.6) is 5.88 Å². The summed E-state index contributed by atoms with van der Waals surface area (Å²) < 4.78 is 6.03. The smallest absolute Gasteiger partial charge is 0.218 e. The standard InChI is InChI=1S/C15H23ClN2O/c1-4-5-14-17-13(16)9-15(18-14)19-12-7-10(2)6-11(3)8-12/h9-12H,4-8H2,1-3H3. The third-order valence-corrected chi connectivity index (χ3v) is 3.81. The summed E-state index contributed by atoms with van der Waals surface area (Å²) in [6.07, 6.45) is 5.63. The normalized spacial score (nSPS) is 27.3. The molecule has 0 aromatic carbocycles. The van der Waals surface area contributed by atoms with Crippen LogP contribution in [0, 0.1) is 11.8 Å². The van der Waals surface area contributed by atoms with E-state index in [-0.39, 0.29) is 6.10 Å². The van der Waals surface area contributed by atoms with Gasteiger partial charge in [0.2, 0.25) is 5.88 Å². The lowest BCUT2D eigenvalue weighted by Crippen LogP contribution is -2.28. The molecule has 2 unspecified atom stereocenters. The molecule has 0 spiro atoms. The van der Waals surface area contributed by atoms with Crippen molar-refractivity contribution in [1.82, 2.24) is 9.97 Å². The molecular formula is C15H23ClN2O. The van der Waals surface area contributed by atoms with Crippen LogP contribution in [0.15, 0.2) is 6.07 Å². The molecule has 2 atom stereocenters. The van der Waals surface area contributed by atoms with Gasteiger partial charge in [0.15, 0.2) is 0 Å². The minimum absolute atomic E-state index is 0.263. The molecule has 1 fully saturated rings. The van der Waals surface area contributed by atoms with Gasteiger partial charge in [0.05, 0.1) is 0 Å². The minimum atomic E-state index is 0.263. The van der Waals surface area contributed by atoms with Gasteiger partial charge in [0.25, 0.3) is 0 Å². The van der Waals surface area contributed by atoms with E-state index in [1.54, 1.807) is 6.07 Å². The van der Waals surface area contributed by atoms with Crippen molar-refractivity contribution in [3.8, 4) is 5.88 Å². The van der Waals surface area contributed by atoms with Crippen molar-refractivity contribution in [2.45, 2.75) is 59.0 Å². The Hall–Kier alpha value is -0.830. The number of nitrogens with zero attached hydrogens (tertiary/aromatic N) is 2. The Morgan fingerprint density at radius 3 is 2.53 bits per heavy atom. The second-order valence-corrected chi connectivity index (χ2v) is 6.24. The Labute approximate surface area is 120 Å². The highest BCUT2D eigenvalue weighted by molar-refractivity contribution is 6.29. The minimum Gasteiger partial charge on any atom is -0.474 e. The van der Waals surface area contributed by atoms with Crippen LogP contribution in [0.2, 0.25) is 5.15 Å². The van der Waals surface area contributed by atoms with Gasteiger partial charge in [-0.1, -0.05) is 32.4 Å². The highest BCUT2D eigenvalue weighted by atomic mass is 35.5. The summed E-state index contributed by atoms with van der Waals surface area (Å²) in [5.41, 5.74) is 0. The van der Waals surface area contributed by atoms with Crippen LogP contribution in [0.25, 0.3) is 0 Å². The fourth-order valence-corrected chi connectivity index (χ4v) is 3.17. The molecule has 0 saturated heterocycles. The third kappa shape index (κ3) is 4.34. The first-order valence-electron chi connectivity index (χ1n) is 7.27. The zero-order valence-electron chi connectivity index (χ0n) is 12.0. The molecule has 0 bridgehead atoms. The zero-order valence-corrected chi connectivity index (χ0v) is 12.8. The number of aryl methyl sites for hydroxylation is 1. The van der Waals surface area contributed by atoms with Gasteiger partial charge in [0.1, 0.15) is 17.1 Å². The highest BCUT2D eigenvalue weighted by Crippen LogP contribution is 2.31. The average Bonchev–Trinajstić information content (AvgIpc) is 2.26. The molecule has 4 heteroatoms.